The lowest BCUT2D eigenvalue weighted by Crippen LogP contribution is -2.01. The molecule has 1 aromatic carbocycles. The zero-order valence-electron chi connectivity index (χ0n) is 8.64. The van der Waals surface area contributed by atoms with Crippen molar-refractivity contribution in [3.8, 4) is 0 Å². The summed E-state index contributed by atoms with van der Waals surface area (Å²) < 4.78 is 3.75. The van der Waals surface area contributed by atoms with Crippen LogP contribution in [0.1, 0.15) is 27.7 Å². The molecule has 2 aromatic rings. The molecule has 0 saturated heterocycles. The number of benzene rings is 1. The summed E-state index contributed by atoms with van der Waals surface area (Å²) in [5.74, 6) is 0. The van der Waals surface area contributed by atoms with Crippen molar-refractivity contribution in [3.63, 3.8) is 0 Å². The summed E-state index contributed by atoms with van der Waals surface area (Å²) in [6, 6.07) is 5.93. The van der Waals surface area contributed by atoms with Crippen LogP contribution >= 0.6 is 11.5 Å². The van der Waals surface area contributed by atoms with Gasteiger partial charge >= 0.3 is 0 Å². The van der Waals surface area contributed by atoms with Crippen LogP contribution in [-0.4, -0.2) is 14.7 Å². The van der Waals surface area contributed by atoms with Crippen molar-refractivity contribution in [2.24, 2.45) is 0 Å². The fraction of sp³-hybridized carbons (Fsp3) is 0.273. The van der Waals surface area contributed by atoms with E-state index in [0.717, 1.165) is 16.0 Å². The van der Waals surface area contributed by atoms with E-state index in [1.165, 1.54) is 17.1 Å². The minimum absolute atomic E-state index is 0.607. The normalized spacial score (nSPS) is 12.7. The summed E-state index contributed by atoms with van der Waals surface area (Å²) >= 11 is 1.23. The largest absolute Gasteiger partial charge is 0.383 e. The Bertz CT molecular complexity index is 454. The van der Waals surface area contributed by atoms with E-state index in [2.05, 4.69) is 9.59 Å². The van der Waals surface area contributed by atoms with Gasteiger partial charge in [0.2, 0.25) is 0 Å². The van der Waals surface area contributed by atoms with Gasteiger partial charge in [0.25, 0.3) is 0 Å². The lowest BCUT2D eigenvalue weighted by Gasteiger charge is -2.12. The van der Waals surface area contributed by atoms with Crippen molar-refractivity contribution >= 4 is 11.5 Å². The van der Waals surface area contributed by atoms with Gasteiger partial charge in [-0.05, 0) is 42.1 Å². The third-order valence-electron chi connectivity index (χ3n) is 2.59. The van der Waals surface area contributed by atoms with E-state index < -0.39 is 6.10 Å². The van der Waals surface area contributed by atoms with Crippen molar-refractivity contribution in [1.29, 1.82) is 0 Å². The van der Waals surface area contributed by atoms with Gasteiger partial charge in [-0.15, -0.1) is 5.10 Å². The molecule has 1 unspecified atom stereocenters. The van der Waals surface area contributed by atoms with E-state index in [9.17, 15) is 5.11 Å². The van der Waals surface area contributed by atoms with Crippen LogP contribution in [0.4, 0.5) is 0 Å². The first-order valence-electron chi connectivity index (χ1n) is 4.71. The van der Waals surface area contributed by atoms with E-state index in [1.807, 2.05) is 32.0 Å². The minimum atomic E-state index is -0.607. The lowest BCUT2D eigenvalue weighted by molar-refractivity contribution is 0.223. The molecule has 0 bridgehead atoms. The molecule has 78 valence electrons. The molecule has 1 atom stereocenters. The van der Waals surface area contributed by atoms with E-state index in [1.54, 1.807) is 6.20 Å². The molecule has 1 aromatic heterocycles. The molecule has 0 spiro atoms. The highest BCUT2D eigenvalue weighted by Crippen LogP contribution is 2.27. The summed E-state index contributed by atoms with van der Waals surface area (Å²) in [4.78, 5) is 0.781. The summed E-state index contributed by atoms with van der Waals surface area (Å²) in [5, 5.41) is 13.8. The summed E-state index contributed by atoms with van der Waals surface area (Å²) in [6.45, 7) is 4.05. The fourth-order valence-electron chi connectivity index (χ4n) is 1.52. The highest BCUT2D eigenvalue weighted by Gasteiger charge is 2.15. The van der Waals surface area contributed by atoms with Gasteiger partial charge in [0.1, 0.15) is 6.10 Å². The van der Waals surface area contributed by atoms with E-state index >= 15 is 0 Å². The van der Waals surface area contributed by atoms with Gasteiger partial charge in [0.15, 0.2) is 0 Å². The standard InChI is InChI=1S/C11H12N2OS/c1-7-4-3-5-9(8(7)2)11(14)10-6-12-13-15-10/h3-6,11,14H,1-2H3. The van der Waals surface area contributed by atoms with Crippen LogP contribution in [0.3, 0.4) is 0 Å². The zero-order chi connectivity index (χ0) is 10.8. The molecule has 0 aliphatic rings. The number of aliphatic hydroxyl groups is 1. The second-order valence-electron chi connectivity index (χ2n) is 3.51. The number of nitrogens with zero attached hydrogens (tertiary/aromatic N) is 2. The molecule has 2 rings (SSSR count). The van der Waals surface area contributed by atoms with Crippen LogP contribution in [-0.2, 0) is 0 Å². The third-order valence-corrected chi connectivity index (χ3v) is 3.30. The van der Waals surface area contributed by atoms with Crippen LogP contribution in [0, 0.1) is 13.8 Å². The number of aromatic nitrogens is 2. The van der Waals surface area contributed by atoms with Crippen molar-refractivity contribution in [3.05, 3.63) is 46.0 Å². The molecule has 0 saturated carbocycles. The van der Waals surface area contributed by atoms with Crippen molar-refractivity contribution < 1.29 is 5.11 Å². The molecule has 0 radical (unpaired) electrons. The molecule has 4 heteroatoms. The first-order chi connectivity index (χ1) is 7.20. The number of aryl methyl sites for hydroxylation is 1. The van der Waals surface area contributed by atoms with Crippen LogP contribution in [0.5, 0.6) is 0 Å². The first-order valence-corrected chi connectivity index (χ1v) is 5.49. The second-order valence-corrected chi connectivity index (χ2v) is 4.33. The van der Waals surface area contributed by atoms with Gasteiger partial charge in [-0.3, -0.25) is 0 Å². The Morgan fingerprint density at radius 2 is 2.13 bits per heavy atom. The number of hydrogen-bond donors (Lipinski definition) is 1. The molecule has 3 nitrogen and oxygen atoms in total. The minimum Gasteiger partial charge on any atom is -0.383 e. The highest BCUT2D eigenvalue weighted by molar-refractivity contribution is 7.05. The van der Waals surface area contributed by atoms with Crippen LogP contribution in [0.15, 0.2) is 24.4 Å². The molecular formula is C11H12N2OS. The van der Waals surface area contributed by atoms with Gasteiger partial charge in [0.05, 0.1) is 11.1 Å². The topological polar surface area (TPSA) is 46.0 Å². The Hall–Kier alpha value is -1.26. The molecule has 0 aliphatic heterocycles. The zero-order valence-corrected chi connectivity index (χ0v) is 9.45. The molecule has 0 fully saturated rings. The van der Waals surface area contributed by atoms with E-state index in [-0.39, 0.29) is 0 Å². The molecule has 0 aliphatic carbocycles. The predicted octanol–water partition coefficient (Wildman–Crippen LogP) is 2.24. The van der Waals surface area contributed by atoms with Crippen molar-refractivity contribution in [2.45, 2.75) is 20.0 Å². The average Bonchev–Trinajstić information content (AvgIpc) is 2.74. The SMILES string of the molecule is Cc1cccc(C(O)c2cnns2)c1C. The van der Waals surface area contributed by atoms with E-state index in [4.69, 9.17) is 0 Å². The monoisotopic (exact) mass is 220 g/mol. The van der Waals surface area contributed by atoms with Gasteiger partial charge in [-0.1, -0.05) is 22.7 Å². The van der Waals surface area contributed by atoms with Crippen LogP contribution in [0.2, 0.25) is 0 Å². The smallest absolute Gasteiger partial charge is 0.117 e. The van der Waals surface area contributed by atoms with Crippen molar-refractivity contribution in [1.82, 2.24) is 9.59 Å². The van der Waals surface area contributed by atoms with Crippen LogP contribution in [0.25, 0.3) is 0 Å². The number of hydrogen-bond acceptors (Lipinski definition) is 4. The Kier molecular flexibility index (Phi) is 2.79. The molecule has 0 amide bonds. The maximum Gasteiger partial charge on any atom is 0.117 e. The second kappa shape index (κ2) is 4.08. The predicted molar refractivity (Wildman–Crippen MR) is 59.9 cm³/mol. The molecule has 15 heavy (non-hydrogen) atoms. The van der Waals surface area contributed by atoms with Crippen molar-refractivity contribution in [2.75, 3.05) is 0 Å². The summed E-state index contributed by atoms with van der Waals surface area (Å²) in [7, 11) is 0. The quantitative estimate of drug-likeness (QED) is 0.844. The van der Waals surface area contributed by atoms with E-state index in [0.29, 0.717) is 0 Å². The number of rotatable bonds is 2. The Morgan fingerprint density at radius 1 is 1.33 bits per heavy atom. The Labute approximate surface area is 92.6 Å². The molecule has 1 heterocycles. The summed E-state index contributed by atoms with van der Waals surface area (Å²) in [6.07, 6.45) is 1.00. The maximum absolute atomic E-state index is 10.1. The highest BCUT2D eigenvalue weighted by atomic mass is 32.1. The maximum atomic E-state index is 10.1. The van der Waals surface area contributed by atoms with Gasteiger partial charge < -0.3 is 5.11 Å². The lowest BCUT2D eigenvalue weighted by atomic mass is 9.99. The summed E-state index contributed by atoms with van der Waals surface area (Å²) in [5.41, 5.74) is 3.24. The van der Waals surface area contributed by atoms with Gasteiger partial charge in [-0.25, -0.2) is 0 Å². The molecular weight excluding hydrogens is 208 g/mol. The number of aliphatic hydroxyl groups excluding tert-OH is 1. The van der Waals surface area contributed by atoms with Crippen LogP contribution < -0.4 is 0 Å². The molecule has 1 N–H and O–H groups in total. The van der Waals surface area contributed by atoms with Gasteiger partial charge in [0, 0.05) is 0 Å². The average molecular weight is 220 g/mol. The Morgan fingerprint density at radius 3 is 2.80 bits per heavy atom. The first kappa shape index (κ1) is 10.3. The third kappa shape index (κ3) is 1.91. The fourth-order valence-corrected chi connectivity index (χ4v) is 2.03. The van der Waals surface area contributed by atoms with Gasteiger partial charge in [-0.2, -0.15) is 0 Å². The Balaban J connectivity index is 2.42.